The van der Waals surface area contributed by atoms with Crippen LogP contribution in [0.3, 0.4) is 0 Å². The van der Waals surface area contributed by atoms with Gasteiger partial charge in [0.15, 0.2) is 0 Å². The van der Waals surface area contributed by atoms with Gasteiger partial charge in [-0.3, -0.25) is 4.79 Å². The lowest BCUT2D eigenvalue weighted by atomic mass is 9.71. The molecule has 0 radical (unpaired) electrons. The molecule has 3 rings (SSSR count). The Kier molecular flexibility index (Phi) is 4.10. The van der Waals surface area contributed by atoms with Crippen molar-refractivity contribution in [3.05, 3.63) is 50.4 Å². The Morgan fingerprint density at radius 1 is 1.48 bits per heavy atom. The van der Waals surface area contributed by atoms with Crippen molar-refractivity contribution in [3.63, 3.8) is 0 Å². The molecule has 6 heteroatoms. The molecular formula is C15H16BrN3OS. The van der Waals surface area contributed by atoms with E-state index in [1.54, 1.807) is 5.38 Å². The van der Waals surface area contributed by atoms with Crippen LogP contribution in [0.25, 0.3) is 0 Å². The molecule has 21 heavy (non-hydrogen) atoms. The molecule has 1 aromatic carbocycles. The average molecular weight is 366 g/mol. The summed E-state index contributed by atoms with van der Waals surface area (Å²) in [7, 11) is 0. The van der Waals surface area contributed by atoms with Crippen molar-refractivity contribution in [1.29, 1.82) is 0 Å². The minimum absolute atomic E-state index is 0.120. The number of aromatic nitrogens is 1. The van der Waals surface area contributed by atoms with E-state index in [0.717, 1.165) is 34.3 Å². The molecule has 3 N–H and O–H groups in total. The Hall–Kier alpha value is -1.24. The van der Waals surface area contributed by atoms with Gasteiger partial charge in [-0.25, -0.2) is 4.98 Å². The number of carbonyl (C=O) groups excluding carboxylic acids is 1. The van der Waals surface area contributed by atoms with Gasteiger partial charge in [0.25, 0.3) is 5.91 Å². The van der Waals surface area contributed by atoms with Crippen LogP contribution in [0.1, 0.15) is 40.3 Å². The number of nitrogens with zero attached hydrogens (tertiary/aromatic N) is 1. The van der Waals surface area contributed by atoms with Gasteiger partial charge in [0, 0.05) is 16.4 Å². The Labute approximate surface area is 135 Å². The second-order valence-corrected chi connectivity index (χ2v) is 7.09. The van der Waals surface area contributed by atoms with Crippen molar-refractivity contribution in [2.75, 3.05) is 0 Å². The van der Waals surface area contributed by atoms with Gasteiger partial charge < -0.3 is 11.1 Å². The van der Waals surface area contributed by atoms with Crippen molar-refractivity contribution in [1.82, 2.24) is 10.3 Å². The summed E-state index contributed by atoms with van der Waals surface area (Å²) in [5, 5.41) is 5.72. The summed E-state index contributed by atoms with van der Waals surface area (Å²) in [5.74, 6) is -0.120. The third kappa shape index (κ3) is 2.88. The molecule has 2 aromatic rings. The molecule has 0 unspecified atom stereocenters. The summed E-state index contributed by atoms with van der Waals surface area (Å²) in [6.07, 6.45) is 3.05. The van der Waals surface area contributed by atoms with E-state index in [1.165, 1.54) is 11.3 Å². The highest BCUT2D eigenvalue weighted by Gasteiger charge is 2.40. The minimum atomic E-state index is -0.257. The zero-order chi connectivity index (χ0) is 14.9. The molecule has 1 aromatic heterocycles. The number of hydrogen-bond donors (Lipinski definition) is 2. The molecule has 1 saturated carbocycles. The molecule has 1 aliphatic rings. The maximum Gasteiger partial charge on any atom is 0.271 e. The van der Waals surface area contributed by atoms with Gasteiger partial charge in [0.2, 0.25) is 0 Å². The highest BCUT2D eigenvalue weighted by atomic mass is 79.9. The SMILES string of the molecule is NCc1nc(C(=O)NC2(c3cccc(Br)c3)CCC2)cs1. The van der Waals surface area contributed by atoms with E-state index in [0.29, 0.717) is 12.2 Å². The van der Waals surface area contributed by atoms with Crippen molar-refractivity contribution in [2.45, 2.75) is 31.3 Å². The summed E-state index contributed by atoms with van der Waals surface area (Å²) >= 11 is 4.92. The van der Waals surface area contributed by atoms with Crippen LogP contribution in [-0.4, -0.2) is 10.9 Å². The predicted octanol–water partition coefficient (Wildman–Crippen LogP) is 3.17. The van der Waals surface area contributed by atoms with E-state index in [4.69, 9.17) is 5.73 Å². The molecule has 0 saturated heterocycles. The lowest BCUT2D eigenvalue weighted by molar-refractivity contribution is 0.0818. The summed E-state index contributed by atoms with van der Waals surface area (Å²) < 4.78 is 1.03. The molecule has 1 amide bonds. The minimum Gasteiger partial charge on any atom is -0.341 e. The zero-order valence-electron chi connectivity index (χ0n) is 11.4. The van der Waals surface area contributed by atoms with Crippen molar-refractivity contribution in [2.24, 2.45) is 5.73 Å². The van der Waals surface area contributed by atoms with Crippen LogP contribution >= 0.6 is 27.3 Å². The van der Waals surface area contributed by atoms with Gasteiger partial charge >= 0.3 is 0 Å². The highest BCUT2D eigenvalue weighted by Crippen LogP contribution is 2.42. The smallest absolute Gasteiger partial charge is 0.271 e. The zero-order valence-corrected chi connectivity index (χ0v) is 13.8. The summed E-state index contributed by atoms with van der Waals surface area (Å²) in [5.41, 5.74) is 6.89. The van der Waals surface area contributed by atoms with E-state index < -0.39 is 0 Å². The lowest BCUT2D eigenvalue weighted by Crippen LogP contribution is -2.50. The Morgan fingerprint density at radius 2 is 2.29 bits per heavy atom. The number of amides is 1. The maximum atomic E-state index is 12.4. The van der Waals surface area contributed by atoms with Gasteiger partial charge in [-0.1, -0.05) is 28.1 Å². The number of carbonyl (C=O) groups is 1. The predicted molar refractivity (Wildman–Crippen MR) is 87.1 cm³/mol. The molecule has 0 spiro atoms. The fourth-order valence-corrected chi connectivity index (χ4v) is 3.65. The van der Waals surface area contributed by atoms with Gasteiger partial charge in [-0.15, -0.1) is 11.3 Å². The molecule has 110 valence electrons. The summed E-state index contributed by atoms with van der Waals surface area (Å²) in [6, 6.07) is 8.13. The number of nitrogens with two attached hydrogens (primary N) is 1. The van der Waals surface area contributed by atoms with Crippen LogP contribution < -0.4 is 11.1 Å². The second kappa shape index (κ2) is 5.87. The second-order valence-electron chi connectivity index (χ2n) is 5.23. The number of halogens is 1. The first-order valence-electron chi connectivity index (χ1n) is 6.86. The highest BCUT2D eigenvalue weighted by molar-refractivity contribution is 9.10. The summed E-state index contributed by atoms with van der Waals surface area (Å²) in [4.78, 5) is 16.7. The van der Waals surface area contributed by atoms with Crippen LogP contribution in [0, 0.1) is 0 Å². The lowest BCUT2D eigenvalue weighted by Gasteiger charge is -2.43. The van der Waals surface area contributed by atoms with Crippen molar-refractivity contribution >= 4 is 33.2 Å². The largest absolute Gasteiger partial charge is 0.341 e. The van der Waals surface area contributed by atoms with Crippen molar-refractivity contribution < 1.29 is 4.79 Å². The molecule has 4 nitrogen and oxygen atoms in total. The average Bonchev–Trinajstić information content (AvgIpc) is 2.91. The van der Waals surface area contributed by atoms with E-state index in [1.807, 2.05) is 12.1 Å². The van der Waals surface area contributed by atoms with Gasteiger partial charge in [-0.05, 0) is 37.0 Å². The fraction of sp³-hybridized carbons (Fsp3) is 0.333. The molecule has 1 heterocycles. The summed E-state index contributed by atoms with van der Waals surface area (Å²) in [6.45, 7) is 0.370. The van der Waals surface area contributed by atoms with E-state index in [9.17, 15) is 4.79 Å². The first kappa shape index (κ1) is 14.7. The van der Waals surface area contributed by atoms with Gasteiger partial charge in [0.1, 0.15) is 10.7 Å². The van der Waals surface area contributed by atoms with Gasteiger partial charge in [-0.2, -0.15) is 0 Å². The van der Waals surface area contributed by atoms with Crippen LogP contribution in [0.4, 0.5) is 0 Å². The van der Waals surface area contributed by atoms with E-state index in [-0.39, 0.29) is 11.4 Å². The van der Waals surface area contributed by atoms with E-state index in [2.05, 4.69) is 38.4 Å². The monoisotopic (exact) mass is 365 g/mol. The standard InChI is InChI=1S/C15H16BrN3OS/c16-11-4-1-3-10(7-11)15(5-2-6-15)19-14(20)12-9-21-13(8-17)18-12/h1,3-4,7,9H,2,5-6,8,17H2,(H,19,20). The Morgan fingerprint density at radius 3 is 2.86 bits per heavy atom. The molecule has 0 bridgehead atoms. The third-order valence-corrected chi connectivity index (χ3v) is 5.26. The number of thiazole rings is 1. The number of benzene rings is 1. The maximum absolute atomic E-state index is 12.4. The number of nitrogens with one attached hydrogen (secondary N) is 1. The number of rotatable bonds is 4. The van der Waals surface area contributed by atoms with Crippen LogP contribution in [-0.2, 0) is 12.1 Å². The van der Waals surface area contributed by atoms with Gasteiger partial charge in [0.05, 0.1) is 5.54 Å². The Balaban J connectivity index is 1.82. The van der Waals surface area contributed by atoms with Crippen LogP contribution in [0.5, 0.6) is 0 Å². The molecule has 0 aliphatic heterocycles. The first-order chi connectivity index (χ1) is 10.1. The van der Waals surface area contributed by atoms with Crippen molar-refractivity contribution in [3.8, 4) is 0 Å². The molecule has 1 fully saturated rings. The van der Waals surface area contributed by atoms with Crippen LogP contribution in [0.15, 0.2) is 34.1 Å². The fourth-order valence-electron chi connectivity index (χ4n) is 2.59. The quantitative estimate of drug-likeness (QED) is 0.873. The molecule has 1 aliphatic carbocycles. The van der Waals surface area contributed by atoms with E-state index >= 15 is 0 Å². The van der Waals surface area contributed by atoms with Crippen LogP contribution in [0.2, 0.25) is 0 Å². The topological polar surface area (TPSA) is 68.0 Å². The first-order valence-corrected chi connectivity index (χ1v) is 8.53. The number of hydrogen-bond acceptors (Lipinski definition) is 4. The normalized spacial score (nSPS) is 16.3. The molecule has 0 atom stereocenters. The Bertz CT molecular complexity index is 666. The molecular weight excluding hydrogens is 350 g/mol. The third-order valence-electron chi connectivity index (χ3n) is 3.90.